The summed E-state index contributed by atoms with van der Waals surface area (Å²) in [4.78, 5) is 0.974. The van der Waals surface area contributed by atoms with Gasteiger partial charge >= 0.3 is 0 Å². The first-order valence-electron chi connectivity index (χ1n) is 7.49. The van der Waals surface area contributed by atoms with E-state index in [1.165, 1.54) is 22.2 Å². The molecule has 7 nitrogen and oxygen atoms in total. The normalized spacial score (nSPS) is 13.3. The summed E-state index contributed by atoms with van der Waals surface area (Å²) in [5, 5.41) is 6.18. The summed E-state index contributed by atoms with van der Waals surface area (Å²) >= 11 is 1.45. The van der Waals surface area contributed by atoms with Gasteiger partial charge in [0.2, 0.25) is 16.8 Å². The first-order valence-corrected chi connectivity index (χ1v) is 9.85. The third-order valence-electron chi connectivity index (χ3n) is 3.74. The lowest BCUT2D eigenvalue weighted by atomic mass is 10.2. The van der Waals surface area contributed by atoms with E-state index in [9.17, 15) is 8.42 Å². The molecule has 0 spiro atoms. The molecule has 0 radical (unpaired) electrons. The van der Waals surface area contributed by atoms with E-state index in [4.69, 9.17) is 9.47 Å². The molecule has 0 saturated heterocycles. The van der Waals surface area contributed by atoms with Crippen molar-refractivity contribution in [2.75, 3.05) is 6.79 Å². The summed E-state index contributed by atoms with van der Waals surface area (Å²) in [7, 11) is -2.00. The van der Waals surface area contributed by atoms with Crippen LogP contribution in [0, 0.1) is 0 Å². The molecule has 0 atom stereocenters. The number of aryl methyl sites for hydroxylation is 1. The second kappa shape index (κ2) is 6.17. The predicted octanol–water partition coefficient (Wildman–Crippen LogP) is 2.36. The summed E-state index contributed by atoms with van der Waals surface area (Å²) in [6, 6.07) is 9.07. The Balaban J connectivity index is 1.58. The maximum atomic E-state index is 12.8. The maximum Gasteiger partial charge on any atom is 0.244 e. The van der Waals surface area contributed by atoms with Crippen LogP contribution >= 0.6 is 11.3 Å². The maximum absolute atomic E-state index is 12.8. The van der Waals surface area contributed by atoms with E-state index in [2.05, 4.69) is 9.82 Å². The van der Waals surface area contributed by atoms with Gasteiger partial charge in [-0.05, 0) is 29.1 Å². The van der Waals surface area contributed by atoms with Gasteiger partial charge in [0.15, 0.2) is 11.5 Å². The van der Waals surface area contributed by atoms with E-state index in [0.29, 0.717) is 17.2 Å². The van der Waals surface area contributed by atoms with Crippen LogP contribution in [0.25, 0.3) is 10.6 Å². The standard InChI is InChI=1S/C16H15N3O4S2/c1-19-9-15(16(18-19)14-3-2-6-24-14)25(20,21)17-8-11-4-5-12-13(7-11)23-10-22-12/h2-7,9,17H,8,10H2,1H3. The van der Waals surface area contributed by atoms with Gasteiger partial charge in [-0.1, -0.05) is 12.1 Å². The van der Waals surface area contributed by atoms with Crippen molar-refractivity contribution in [2.24, 2.45) is 7.05 Å². The van der Waals surface area contributed by atoms with Crippen molar-refractivity contribution in [1.82, 2.24) is 14.5 Å². The largest absolute Gasteiger partial charge is 0.454 e. The molecule has 0 unspecified atom stereocenters. The molecule has 0 amide bonds. The molecular formula is C16H15N3O4S2. The molecule has 1 aromatic carbocycles. The third-order valence-corrected chi connectivity index (χ3v) is 6.02. The molecule has 4 rings (SSSR count). The second-order valence-corrected chi connectivity index (χ2v) is 8.19. The molecule has 1 aliphatic rings. The van der Waals surface area contributed by atoms with Gasteiger partial charge < -0.3 is 9.47 Å². The van der Waals surface area contributed by atoms with Crippen LogP contribution in [0.15, 0.2) is 46.8 Å². The molecule has 25 heavy (non-hydrogen) atoms. The number of hydrogen-bond acceptors (Lipinski definition) is 6. The van der Waals surface area contributed by atoms with Crippen molar-refractivity contribution in [3.05, 3.63) is 47.5 Å². The molecule has 0 bridgehead atoms. The fourth-order valence-electron chi connectivity index (χ4n) is 2.55. The van der Waals surface area contributed by atoms with Crippen molar-refractivity contribution in [3.63, 3.8) is 0 Å². The van der Waals surface area contributed by atoms with E-state index < -0.39 is 10.0 Å². The number of sulfonamides is 1. The van der Waals surface area contributed by atoms with Gasteiger partial charge in [0, 0.05) is 19.8 Å². The minimum absolute atomic E-state index is 0.151. The first kappa shape index (κ1) is 16.1. The van der Waals surface area contributed by atoms with E-state index in [-0.39, 0.29) is 18.2 Å². The van der Waals surface area contributed by atoms with Crippen molar-refractivity contribution in [2.45, 2.75) is 11.4 Å². The van der Waals surface area contributed by atoms with Crippen LogP contribution < -0.4 is 14.2 Å². The van der Waals surface area contributed by atoms with Crippen LogP contribution in [-0.2, 0) is 23.6 Å². The Labute approximate surface area is 148 Å². The van der Waals surface area contributed by atoms with Crippen molar-refractivity contribution in [1.29, 1.82) is 0 Å². The Morgan fingerprint density at radius 3 is 2.92 bits per heavy atom. The number of aromatic nitrogens is 2. The second-order valence-electron chi connectivity index (χ2n) is 5.51. The van der Waals surface area contributed by atoms with Crippen LogP contribution in [0.4, 0.5) is 0 Å². The highest BCUT2D eigenvalue weighted by atomic mass is 32.2. The van der Waals surface area contributed by atoms with E-state index >= 15 is 0 Å². The Morgan fingerprint density at radius 2 is 2.12 bits per heavy atom. The third kappa shape index (κ3) is 3.13. The van der Waals surface area contributed by atoms with Gasteiger partial charge in [0.25, 0.3) is 0 Å². The zero-order chi connectivity index (χ0) is 17.4. The Bertz CT molecular complexity index is 1010. The Morgan fingerprint density at radius 1 is 1.28 bits per heavy atom. The van der Waals surface area contributed by atoms with E-state index in [1.807, 2.05) is 17.5 Å². The van der Waals surface area contributed by atoms with Gasteiger partial charge in [-0.2, -0.15) is 5.10 Å². The van der Waals surface area contributed by atoms with E-state index in [1.54, 1.807) is 25.2 Å². The monoisotopic (exact) mass is 377 g/mol. The number of thiophene rings is 1. The lowest BCUT2D eigenvalue weighted by Crippen LogP contribution is -2.23. The van der Waals surface area contributed by atoms with E-state index in [0.717, 1.165) is 10.4 Å². The van der Waals surface area contributed by atoms with Crippen LogP contribution in [0.5, 0.6) is 11.5 Å². The van der Waals surface area contributed by atoms with Gasteiger partial charge in [0.1, 0.15) is 10.6 Å². The van der Waals surface area contributed by atoms with Crippen molar-refractivity contribution in [3.8, 4) is 22.1 Å². The lowest BCUT2D eigenvalue weighted by Gasteiger charge is -2.07. The highest BCUT2D eigenvalue weighted by Crippen LogP contribution is 2.33. The fraction of sp³-hybridized carbons (Fsp3) is 0.188. The van der Waals surface area contributed by atoms with Gasteiger partial charge in [-0.15, -0.1) is 11.3 Å². The SMILES string of the molecule is Cn1cc(S(=O)(=O)NCc2ccc3c(c2)OCO3)c(-c2cccs2)n1. The zero-order valence-electron chi connectivity index (χ0n) is 13.3. The van der Waals surface area contributed by atoms with Crippen molar-refractivity contribution >= 4 is 21.4 Å². The Hall–Kier alpha value is -2.36. The molecule has 3 heterocycles. The number of benzene rings is 1. The minimum Gasteiger partial charge on any atom is -0.454 e. The Kier molecular flexibility index (Phi) is 3.98. The van der Waals surface area contributed by atoms with Crippen LogP contribution in [0.3, 0.4) is 0 Å². The topological polar surface area (TPSA) is 82.5 Å². The smallest absolute Gasteiger partial charge is 0.244 e. The van der Waals surface area contributed by atoms with Crippen molar-refractivity contribution < 1.29 is 17.9 Å². The highest BCUT2D eigenvalue weighted by Gasteiger charge is 2.24. The lowest BCUT2D eigenvalue weighted by molar-refractivity contribution is 0.174. The fourth-order valence-corrected chi connectivity index (χ4v) is 4.55. The number of hydrogen-bond donors (Lipinski definition) is 1. The molecule has 9 heteroatoms. The molecule has 2 aromatic heterocycles. The molecule has 130 valence electrons. The number of nitrogens with one attached hydrogen (secondary N) is 1. The number of fused-ring (bicyclic) bond motifs is 1. The molecule has 1 aliphatic heterocycles. The first-order chi connectivity index (χ1) is 12.0. The number of ether oxygens (including phenoxy) is 2. The van der Waals surface area contributed by atoms with Gasteiger partial charge in [-0.3, -0.25) is 4.68 Å². The highest BCUT2D eigenvalue weighted by molar-refractivity contribution is 7.89. The molecule has 3 aromatic rings. The molecule has 0 fully saturated rings. The number of nitrogens with zero attached hydrogens (tertiary/aromatic N) is 2. The van der Waals surface area contributed by atoms with Crippen LogP contribution in [0.1, 0.15) is 5.56 Å². The minimum atomic E-state index is -3.71. The zero-order valence-corrected chi connectivity index (χ0v) is 14.9. The quantitative estimate of drug-likeness (QED) is 0.738. The van der Waals surface area contributed by atoms with Crippen LogP contribution in [0.2, 0.25) is 0 Å². The average Bonchev–Trinajstić information content (AvgIpc) is 3.32. The molecule has 1 N–H and O–H groups in total. The summed E-state index contributed by atoms with van der Waals surface area (Å²) in [5.41, 5.74) is 1.24. The summed E-state index contributed by atoms with van der Waals surface area (Å²) in [5.74, 6) is 1.29. The summed E-state index contributed by atoms with van der Waals surface area (Å²) in [6.07, 6.45) is 1.51. The summed E-state index contributed by atoms with van der Waals surface area (Å²) in [6.45, 7) is 0.335. The molecule has 0 aliphatic carbocycles. The molecule has 0 saturated carbocycles. The average molecular weight is 377 g/mol. The van der Waals surface area contributed by atoms with Crippen LogP contribution in [-0.4, -0.2) is 25.0 Å². The summed E-state index contributed by atoms with van der Waals surface area (Å²) < 4.78 is 40.2. The van der Waals surface area contributed by atoms with Gasteiger partial charge in [0.05, 0.1) is 4.88 Å². The number of rotatable bonds is 5. The predicted molar refractivity (Wildman–Crippen MR) is 93.1 cm³/mol. The van der Waals surface area contributed by atoms with Gasteiger partial charge in [-0.25, -0.2) is 13.1 Å². The molecular weight excluding hydrogens is 362 g/mol.